The molecule has 0 radical (unpaired) electrons. The van der Waals surface area contributed by atoms with E-state index < -0.39 is 0 Å². The minimum Gasteiger partial charge on any atom is -0.399 e. The molecule has 1 aromatic carbocycles. The molecule has 0 aromatic heterocycles. The van der Waals surface area contributed by atoms with E-state index >= 15 is 0 Å². The minimum atomic E-state index is 0.0826. The summed E-state index contributed by atoms with van der Waals surface area (Å²) in [5.41, 5.74) is 7.34. The Labute approximate surface area is 110 Å². The zero-order chi connectivity index (χ0) is 13.5. The SMILES string of the molecule is CCC(CC)C(C)NC(=O)Cc1ccc(N)cc1. The number of rotatable bonds is 6. The van der Waals surface area contributed by atoms with Gasteiger partial charge in [0.15, 0.2) is 0 Å². The van der Waals surface area contributed by atoms with Gasteiger partial charge in [0.2, 0.25) is 5.91 Å². The third-order valence-corrected chi connectivity index (χ3v) is 3.49. The molecule has 0 saturated heterocycles. The zero-order valence-electron chi connectivity index (χ0n) is 11.6. The second-order valence-electron chi connectivity index (χ2n) is 4.85. The van der Waals surface area contributed by atoms with Crippen molar-refractivity contribution in [3.05, 3.63) is 29.8 Å². The van der Waals surface area contributed by atoms with Crippen LogP contribution in [0.15, 0.2) is 24.3 Å². The van der Waals surface area contributed by atoms with E-state index in [0.29, 0.717) is 12.3 Å². The third kappa shape index (κ3) is 4.40. The molecule has 0 aliphatic heterocycles. The van der Waals surface area contributed by atoms with E-state index in [4.69, 9.17) is 5.73 Å². The highest BCUT2D eigenvalue weighted by Gasteiger charge is 2.15. The molecule has 0 bridgehead atoms. The summed E-state index contributed by atoms with van der Waals surface area (Å²) in [6.07, 6.45) is 2.62. The Balaban J connectivity index is 2.48. The van der Waals surface area contributed by atoms with Crippen LogP contribution < -0.4 is 11.1 Å². The van der Waals surface area contributed by atoms with Gasteiger partial charge in [0, 0.05) is 11.7 Å². The molecule has 18 heavy (non-hydrogen) atoms. The number of hydrogen-bond donors (Lipinski definition) is 2. The Morgan fingerprint density at radius 2 is 1.78 bits per heavy atom. The second-order valence-corrected chi connectivity index (χ2v) is 4.85. The van der Waals surface area contributed by atoms with Gasteiger partial charge in [-0.1, -0.05) is 38.8 Å². The standard InChI is InChI=1S/C15H24N2O/c1-4-13(5-2)11(3)17-15(18)10-12-6-8-14(16)9-7-12/h6-9,11,13H,4-5,10,16H2,1-3H3,(H,17,18). The number of hydrogen-bond acceptors (Lipinski definition) is 2. The number of nitrogens with two attached hydrogens (primary N) is 1. The van der Waals surface area contributed by atoms with Crippen molar-refractivity contribution in [2.45, 2.75) is 46.1 Å². The van der Waals surface area contributed by atoms with Crippen LogP contribution in [0.25, 0.3) is 0 Å². The van der Waals surface area contributed by atoms with Gasteiger partial charge in [-0.05, 0) is 30.5 Å². The molecular weight excluding hydrogens is 224 g/mol. The summed E-state index contributed by atoms with van der Waals surface area (Å²) in [4.78, 5) is 11.9. The molecule has 1 unspecified atom stereocenters. The van der Waals surface area contributed by atoms with Gasteiger partial charge in [-0.2, -0.15) is 0 Å². The summed E-state index contributed by atoms with van der Waals surface area (Å²) >= 11 is 0. The van der Waals surface area contributed by atoms with Crippen molar-refractivity contribution >= 4 is 11.6 Å². The van der Waals surface area contributed by atoms with Crippen LogP contribution in [0.1, 0.15) is 39.2 Å². The first-order valence-electron chi connectivity index (χ1n) is 6.70. The average Bonchev–Trinajstić information content (AvgIpc) is 2.33. The first kappa shape index (κ1) is 14.6. The van der Waals surface area contributed by atoms with Crippen molar-refractivity contribution < 1.29 is 4.79 Å². The fourth-order valence-electron chi connectivity index (χ4n) is 2.24. The fraction of sp³-hybridized carbons (Fsp3) is 0.533. The minimum absolute atomic E-state index is 0.0826. The molecule has 0 aliphatic rings. The second kappa shape index (κ2) is 7.04. The Morgan fingerprint density at radius 3 is 2.28 bits per heavy atom. The first-order chi connectivity index (χ1) is 8.56. The van der Waals surface area contributed by atoms with Gasteiger partial charge < -0.3 is 11.1 Å². The van der Waals surface area contributed by atoms with Gasteiger partial charge >= 0.3 is 0 Å². The highest BCUT2D eigenvalue weighted by atomic mass is 16.1. The van der Waals surface area contributed by atoms with Gasteiger partial charge in [0.1, 0.15) is 0 Å². The number of amides is 1. The van der Waals surface area contributed by atoms with Crippen LogP contribution in [0, 0.1) is 5.92 Å². The number of carbonyl (C=O) groups is 1. The van der Waals surface area contributed by atoms with Crippen molar-refractivity contribution in [1.29, 1.82) is 0 Å². The largest absolute Gasteiger partial charge is 0.399 e. The van der Waals surface area contributed by atoms with E-state index in [9.17, 15) is 4.79 Å². The molecule has 1 aromatic rings. The highest BCUT2D eigenvalue weighted by Crippen LogP contribution is 2.13. The molecule has 1 atom stereocenters. The number of benzene rings is 1. The maximum atomic E-state index is 11.9. The fourth-order valence-corrected chi connectivity index (χ4v) is 2.24. The summed E-state index contributed by atoms with van der Waals surface area (Å²) in [6.45, 7) is 6.41. The maximum Gasteiger partial charge on any atom is 0.224 e. The number of carbonyl (C=O) groups excluding carboxylic acids is 1. The maximum absolute atomic E-state index is 11.9. The molecule has 0 aliphatic carbocycles. The molecule has 1 rings (SSSR count). The number of nitrogen functional groups attached to an aromatic ring is 1. The van der Waals surface area contributed by atoms with Gasteiger partial charge in [0.25, 0.3) is 0 Å². The summed E-state index contributed by atoms with van der Waals surface area (Å²) in [7, 11) is 0. The van der Waals surface area contributed by atoms with Crippen LogP contribution in [-0.2, 0) is 11.2 Å². The van der Waals surface area contributed by atoms with E-state index in [1.807, 2.05) is 24.3 Å². The lowest BCUT2D eigenvalue weighted by molar-refractivity contribution is -0.121. The molecule has 100 valence electrons. The van der Waals surface area contributed by atoms with E-state index in [-0.39, 0.29) is 11.9 Å². The topological polar surface area (TPSA) is 55.1 Å². The zero-order valence-corrected chi connectivity index (χ0v) is 11.6. The van der Waals surface area contributed by atoms with E-state index in [2.05, 4.69) is 26.1 Å². The number of nitrogens with one attached hydrogen (secondary N) is 1. The summed E-state index contributed by atoms with van der Waals surface area (Å²) < 4.78 is 0. The Kier molecular flexibility index (Phi) is 5.69. The Hall–Kier alpha value is -1.51. The van der Waals surface area contributed by atoms with Crippen LogP contribution in [0.5, 0.6) is 0 Å². The lowest BCUT2D eigenvalue weighted by Crippen LogP contribution is -2.38. The molecule has 1 amide bonds. The lowest BCUT2D eigenvalue weighted by atomic mass is 9.95. The van der Waals surface area contributed by atoms with Crippen molar-refractivity contribution in [2.24, 2.45) is 5.92 Å². The smallest absolute Gasteiger partial charge is 0.224 e. The molecule has 0 saturated carbocycles. The molecule has 0 fully saturated rings. The van der Waals surface area contributed by atoms with Crippen LogP contribution in [0.4, 0.5) is 5.69 Å². The van der Waals surface area contributed by atoms with E-state index in [1.165, 1.54) is 0 Å². The predicted molar refractivity (Wildman–Crippen MR) is 76.2 cm³/mol. The van der Waals surface area contributed by atoms with Crippen LogP contribution in [-0.4, -0.2) is 11.9 Å². The van der Waals surface area contributed by atoms with Crippen LogP contribution in [0.3, 0.4) is 0 Å². The van der Waals surface area contributed by atoms with Gasteiger partial charge in [-0.3, -0.25) is 4.79 Å². The van der Waals surface area contributed by atoms with Gasteiger partial charge in [0.05, 0.1) is 6.42 Å². The Morgan fingerprint density at radius 1 is 1.22 bits per heavy atom. The van der Waals surface area contributed by atoms with Crippen molar-refractivity contribution in [2.75, 3.05) is 5.73 Å². The first-order valence-corrected chi connectivity index (χ1v) is 6.70. The molecule has 0 heterocycles. The summed E-state index contributed by atoms with van der Waals surface area (Å²) in [5.74, 6) is 0.638. The summed E-state index contributed by atoms with van der Waals surface area (Å²) in [6, 6.07) is 7.69. The van der Waals surface area contributed by atoms with Crippen LogP contribution in [0.2, 0.25) is 0 Å². The quantitative estimate of drug-likeness (QED) is 0.761. The molecule has 0 spiro atoms. The molecular formula is C15H24N2O. The van der Waals surface area contributed by atoms with Crippen LogP contribution >= 0.6 is 0 Å². The monoisotopic (exact) mass is 248 g/mol. The third-order valence-electron chi connectivity index (χ3n) is 3.49. The normalized spacial score (nSPS) is 12.4. The van der Waals surface area contributed by atoms with E-state index in [1.54, 1.807) is 0 Å². The molecule has 3 N–H and O–H groups in total. The highest BCUT2D eigenvalue weighted by molar-refractivity contribution is 5.78. The van der Waals surface area contributed by atoms with Crippen molar-refractivity contribution in [3.8, 4) is 0 Å². The van der Waals surface area contributed by atoms with E-state index in [0.717, 1.165) is 24.1 Å². The molecule has 3 nitrogen and oxygen atoms in total. The van der Waals surface area contributed by atoms with Gasteiger partial charge in [-0.15, -0.1) is 0 Å². The Bertz CT molecular complexity index is 369. The van der Waals surface area contributed by atoms with Gasteiger partial charge in [-0.25, -0.2) is 0 Å². The average molecular weight is 248 g/mol. The predicted octanol–water partition coefficient (Wildman–Crippen LogP) is 2.75. The van der Waals surface area contributed by atoms with Crippen molar-refractivity contribution in [3.63, 3.8) is 0 Å². The summed E-state index contributed by atoms with van der Waals surface area (Å²) in [5, 5.41) is 3.07. The lowest BCUT2D eigenvalue weighted by Gasteiger charge is -2.22. The number of anilines is 1. The molecule has 3 heteroatoms. The van der Waals surface area contributed by atoms with Crippen molar-refractivity contribution in [1.82, 2.24) is 5.32 Å².